The van der Waals surface area contributed by atoms with Crippen LogP contribution in [0.3, 0.4) is 0 Å². The lowest BCUT2D eigenvalue weighted by Crippen LogP contribution is -2.27. The molecule has 0 saturated carbocycles. The minimum absolute atomic E-state index is 0.672. The summed E-state index contributed by atoms with van der Waals surface area (Å²) < 4.78 is 12.1. The Morgan fingerprint density at radius 1 is 1.26 bits per heavy atom. The van der Waals surface area contributed by atoms with Crippen LogP contribution in [-0.2, 0) is 6.54 Å². The van der Waals surface area contributed by atoms with E-state index in [1.807, 2.05) is 36.4 Å². The number of ether oxygens (including phenoxy) is 1. The van der Waals surface area contributed by atoms with Crippen molar-refractivity contribution in [1.29, 1.82) is 0 Å². The zero-order chi connectivity index (χ0) is 13.5. The maximum absolute atomic E-state index is 5.74. The van der Waals surface area contributed by atoms with Crippen molar-refractivity contribution in [1.82, 2.24) is 4.90 Å². The lowest BCUT2D eigenvalue weighted by molar-refractivity contribution is 0.199. The fourth-order valence-electron chi connectivity index (χ4n) is 1.82. The van der Waals surface area contributed by atoms with Gasteiger partial charge in [0.25, 0.3) is 0 Å². The van der Waals surface area contributed by atoms with Gasteiger partial charge in [-0.05, 0) is 36.9 Å². The van der Waals surface area contributed by atoms with E-state index in [0.717, 1.165) is 35.6 Å². The summed E-state index contributed by atoms with van der Waals surface area (Å²) in [5.74, 6) is 1.88. The maximum Gasteiger partial charge on any atom is 0.120 e. The summed E-state index contributed by atoms with van der Waals surface area (Å²) in [4.78, 5) is 2.29. The molecule has 0 aliphatic carbocycles. The normalized spacial score (nSPS) is 10.9. The molecule has 0 bridgehead atoms. The van der Waals surface area contributed by atoms with Crippen molar-refractivity contribution >= 4 is 15.9 Å². The lowest BCUT2D eigenvalue weighted by Gasteiger charge is -2.19. The Labute approximate surface area is 122 Å². The molecule has 0 saturated heterocycles. The quantitative estimate of drug-likeness (QED) is 0.771. The number of likely N-dealkylation sites (N-methyl/N-ethyl adjacent to an activating group) is 1. The monoisotopic (exact) mass is 323 g/mol. The van der Waals surface area contributed by atoms with E-state index in [-0.39, 0.29) is 0 Å². The van der Waals surface area contributed by atoms with Crippen LogP contribution in [0.2, 0.25) is 0 Å². The molecule has 1 aromatic carbocycles. The maximum atomic E-state index is 5.74. The molecule has 0 amide bonds. The predicted octanol–water partition coefficient (Wildman–Crippen LogP) is 3.94. The van der Waals surface area contributed by atoms with Gasteiger partial charge in [-0.2, -0.15) is 0 Å². The zero-order valence-electron chi connectivity index (χ0n) is 11.0. The van der Waals surface area contributed by atoms with Crippen LogP contribution >= 0.6 is 15.9 Å². The van der Waals surface area contributed by atoms with Crippen LogP contribution in [0.5, 0.6) is 5.75 Å². The Morgan fingerprint density at radius 2 is 2.16 bits per heavy atom. The van der Waals surface area contributed by atoms with Gasteiger partial charge in [0, 0.05) is 11.0 Å². The summed E-state index contributed by atoms with van der Waals surface area (Å²) in [7, 11) is 0. The summed E-state index contributed by atoms with van der Waals surface area (Å²) in [5, 5.41) is 0. The average Bonchev–Trinajstić information content (AvgIpc) is 2.90. The van der Waals surface area contributed by atoms with Crippen molar-refractivity contribution in [3.8, 4) is 5.75 Å². The summed E-state index contributed by atoms with van der Waals surface area (Å²) in [5.41, 5.74) is 0. The van der Waals surface area contributed by atoms with Gasteiger partial charge < -0.3 is 9.15 Å². The molecule has 4 heteroatoms. The number of hydrogen-bond acceptors (Lipinski definition) is 3. The van der Waals surface area contributed by atoms with E-state index in [4.69, 9.17) is 9.15 Å². The van der Waals surface area contributed by atoms with E-state index in [1.54, 1.807) is 6.26 Å². The second-order valence-electron chi connectivity index (χ2n) is 4.25. The van der Waals surface area contributed by atoms with E-state index < -0.39 is 0 Å². The Morgan fingerprint density at radius 3 is 2.84 bits per heavy atom. The molecule has 0 aliphatic rings. The molecule has 0 aliphatic heterocycles. The fraction of sp³-hybridized carbons (Fsp3) is 0.333. The molecule has 0 N–H and O–H groups in total. The van der Waals surface area contributed by atoms with Crippen molar-refractivity contribution in [3.05, 3.63) is 52.9 Å². The van der Waals surface area contributed by atoms with Crippen LogP contribution in [0.1, 0.15) is 12.7 Å². The van der Waals surface area contributed by atoms with Gasteiger partial charge in [-0.25, -0.2) is 0 Å². The van der Waals surface area contributed by atoms with Crippen LogP contribution in [0, 0.1) is 0 Å². The number of nitrogens with zero attached hydrogens (tertiary/aromatic N) is 1. The van der Waals surface area contributed by atoms with Crippen LogP contribution in [0.15, 0.2) is 51.6 Å². The molecule has 3 nitrogen and oxygen atoms in total. The first-order valence-corrected chi connectivity index (χ1v) is 7.20. The van der Waals surface area contributed by atoms with E-state index >= 15 is 0 Å². The van der Waals surface area contributed by atoms with Gasteiger partial charge in [-0.3, -0.25) is 4.90 Å². The van der Waals surface area contributed by atoms with E-state index in [1.165, 1.54) is 0 Å². The fourth-order valence-corrected chi connectivity index (χ4v) is 2.20. The van der Waals surface area contributed by atoms with Crippen molar-refractivity contribution < 1.29 is 9.15 Å². The molecule has 1 aromatic heterocycles. The van der Waals surface area contributed by atoms with Gasteiger partial charge in [-0.15, -0.1) is 0 Å². The van der Waals surface area contributed by atoms with Crippen molar-refractivity contribution in [2.75, 3.05) is 19.7 Å². The Kier molecular flexibility index (Phi) is 5.48. The lowest BCUT2D eigenvalue weighted by atomic mass is 10.3. The van der Waals surface area contributed by atoms with Gasteiger partial charge in [0.15, 0.2) is 0 Å². The molecule has 0 spiro atoms. The third-order valence-electron chi connectivity index (χ3n) is 2.88. The number of hydrogen-bond donors (Lipinski definition) is 0. The van der Waals surface area contributed by atoms with Crippen molar-refractivity contribution in [3.63, 3.8) is 0 Å². The Balaban J connectivity index is 1.77. The SMILES string of the molecule is CCN(CCOc1cccc(Br)c1)Cc1ccco1. The van der Waals surface area contributed by atoms with Crippen LogP contribution in [0.4, 0.5) is 0 Å². The summed E-state index contributed by atoms with van der Waals surface area (Å²) >= 11 is 3.43. The van der Waals surface area contributed by atoms with E-state index in [9.17, 15) is 0 Å². The van der Waals surface area contributed by atoms with Crippen LogP contribution in [0.25, 0.3) is 0 Å². The van der Waals surface area contributed by atoms with E-state index in [2.05, 4.69) is 27.8 Å². The third kappa shape index (κ3) is 4.73. The van der Waals surface area contributed by atoms with Crippen molar-refractivity contribution in [2.24, 2.45) is 0 Å². The summed E-state index contributed by atoms with van der Waals surface area (Å²) in [6.45, 7) is 5.49. The molecule has 0 unspecified atom stereocenters. The molecular formula is C15H18BrNO2. The predicted molar refractivity (Wildman–Crippen MR) is 79.3 cm³/mol. The number of furan rings is 1. The largest absolute Gasteiger partial charge is 0.492 e. The molecule has 1 heterocycles. The third-order valence-corrected chi connectivity index (χ3v) is 3.37. The topological polar surface area (TPSA) is 25.6 Å². The minimum Gasteiger partial charge on any atom is -0.492 e. The molecule has 0 atom stereocenters. The van der Waals surface area contributed by atoms with Crippen molar-refractivity contribution in [2.45, 2.75) is 13.5 Å². The number of rotatable bonds is 7. The summed E-state index contributed by atoms with van der Waals surface area (Å²) in [6.07, 6.45) is 1.71. The Hall–Kier alpha value is -1.26. The zero-order valence-corrected chi connectivity index (χ0v) is 12.6. The van der Waals surface area contributed by atoms with Crippen LogP contribution in [-0.4, -0.2) is 24.6 Å². The average molecular weight is 324 g/mol. The smallest absolute Gasteiger partial charge is 0.120 e. The first-order valence-electron chi connectivity index (χ1n) is 6.41. The number of halogens is 1. The van der Waals surface area contributed by atoms with Gasteiger partial charge >= 0.3 is 0 Å². The highest BCUT2D eigenvalue weighted by Crippen LogP contribution is 2.17. The first kappa shape index (κ1) is 14.2. The standard InChI is InChI=1S/C15H18BrNO2/c1-2-17(12-15-7-4-9-18-15)8-10-19-14-6-3-5-13(16)11-14/h3-7,9,11H,2,8,10,12H2,1H3. The molecular weight excluding hydrogens is 306 g/mol. The molecule has 102 valence electrons. The first-order chi connectivity index (χ1) is 9.28. The van der Waals surface area contributed by atoms with Crippen LogP contribution < -0.4 is 4.74 Å². The van der Waals surface area contributed by atoms with Gasteiger partial charge in [0.2, 0.25) is 0 Å². The minimum atomic E-state index is 0.672. The summed E-state index contributed by atoms with van der Waals surface area (Å²) in [6, 6.07) is 11.8. The highest BCUT2D eigenvalue weighted by Gasteiger charge is 2.06. The molecule has 19 heavy (non-hydrogen) atoms. The molecule has 2 aromatic rings. The molecule has 0 fully saturated rings. The van der Waals surface area contributed by atoms with Gasteiger partial charge in [-0.1, -0.05) is 28.9 Å². The van der Waals surface area contributed by atoms with E-state index in [0.29, 0.717) is 6.61 Å². The second-order valence-corrected chi connectivity index (χ2v) is 5.17. The van der Waals surface area contributed by atoms with Gasteiger partial charge in [0.1, 0.15) is 18.1 Å². The molecule has 0 radical (unpaired) electrons. The number of benzene rings is 1. The highest BCUT2D eigenvalue weighted by atomic mass is 79.9. The second kappa shape index (κ2) is 7.36. The molecule has 2 rings (SSSR count). The van der Waals surface area contributed by atoms with Gasteiger partial charge in [0.05, 0.1) is 12.8 Å². The Bertz CT molecular complexity index is 485. The highest BCUT2D eigenvalue weighted by molar-refractivity contribution is 9.10.